The van der Waals surface area contributed by atoms with Gasteiger partial charge in [0, 0.05) is 17.7 Å². The second kappa shape index (κ2) is 7.19. The minimum Gasteiger partial charge on any atom is -0.324 e. The molecule has 4 nitrogen and oxygen atoms in total. The third-order valence-electron chi connectivity index (χ3n) is 2.45. The number of nitro benzene ring substituents is 1. The summed E-state index contributed by atoms with van der Waals surface area (Å²) in [6.45, 7) is 2.01. The zero-order valence-electron chi connectivity index (χ0n) is 9.56. The highest BCUT2D eigenvalue weighted by atomic mass is 35.5. The van der Waals surface area contributed by atoms with Gasteiger partial charge in [-0.3, -0.25) is 10.1 Å². The van der Waals surface area contributed by atoms with Crippen LogP contribution in [0.4, 0.5) is 10.1 Å². The lowest BCUT2D eigenvalue weighted by Gasteiger charge is -2.11. The van der Waals surface area contributed by atoms with E-state index in [0.717, 1.165) is 31.0 Å². The Morgan fingerprint density at radius 1 is 1.53 bits per heavy atom. The van der Waals surface area contributed by atoms with E-state index in [0.29, 0.717) is 6.42 Å². The van der Waals surface area contributed by atoms with E-state index in [-0.39, 0.29) is 23.7 Å². The smallest absolute Gasteiger partial charge is 0.274 e. The highest BCUT2D eigenvalue weighted by molar-refractivity contribution is 5.85. The average Bonchev–Trinajstić information content (AvgIpc) is 2.25. The van der Waals surface area contributed by atoms with Crippen molar-refractivity contribution in [3.8, 4) is 0 Å². The fraction of sp³-hybridized carbons (Fsp3) is 0.455. The molecular weight excluding hydrogens is 247 g/mol. The van der Waals surface area contributed by atoms with Crippen molar-refractivity contribution in [1.82, 2.24) is 0 Å². The summed E-state index contributed by atoms with van der Waals surface area (Å²) in [6, 6.07) is 2.92. The largest absolute Gasteiger partial charge is 0.324 e. The third-order valence-corrected chi connectivity index (χ3v) is 2.45. The number of halogens is 2. The van der Waals surface area contributed by atoms with Crippen molar-refractivity contribution in [3.63, 3.8) is 0 Å². The first-order valence-electron chi connectivity index (χ1n) is 5.25. The van der Waals surface area contributed by atoms with Gasteiger partial charge in [0.1, 0.15) is 5.82 Å². The van der Waals surface area contributed by atoms with Crippen LogP contribution in [0.5, 0.6) is 0 Å². The maximum Gasteiger partial charge on any atom is 0.274 e. The standard InChI is InChI=1S/C11H15FN2O2.ClH/c1-2-3-4-10(13)9-7-8(12)5-6-11(9)14(15)16;/h5-7,10H,2-4,13H2,1H3;1H/t10-;/m1./s1. The summed E-state index contributed by atoms with van der Waals surface area (Å²) in [5.41, 5.74) is 5.99. The summed E-state index contributed by atoms with van der Waals surface area (Å²) in [6.07, 6.45) is 2.45. The van der Waals surface area contributed by atoms with Crippen LogP contribution in [-0.4, -0.2) is 4.92 Å². The second-order valence-electron chi connectivity index (χ2n) is 3.71. The van der Waals surface area contributed by atoms with Crippen molar-refractivity contribution in [1.29, 1.82) is 0 Å². The molecule has 0 aliphatic rings. The van der Waals surface area contributed by atoms with Crippen LogP contribution in [0.3, 0.4) is 0 Å². The van der Waals surface area contributed by atoms with Crippen LogP contribution in [0.2, 0.25) is 0 Å². The summed E-state index contributed by atoms with van der Waals surface area (Å²) >= 11 is 0. The molecule has 0 spiro atoms. The summed E-state index contributed by atoms with van der Waals surface area (Å²) in [4.78, 5) is 10.2. The first-order chi connectivity index (χ1) is 7.56. The maximum atomic E-state index is 13.0. The minimum absolute atomic E-state index is 0. The number of nitro groups is 1. The van der Waals surface area contributed by atoms with Crippen LogP contribution >= 0.6 is 12.4 Å². The highest BCUT2D eigenvalue weighted by Gasteiger charge is 2.19. The maximum absolute atomic E-state index is 13.0. The fourth-order valence-corrected chi connectivity index (χ4v) is 1.57. The molecule has 96 valence electrons. The fourth-order valence-electron chi connectivity index (χ4n) is 1.57. The SMILES string of the molecule is CCCC[C@@H](N)c1cc(F)ccc1[N+](=O)[O-].Cl. The first kappa shape index (κ1) is 15.8. The lowest BCUT2D eigenvalue weighted by atomic mass is 10.0. The van der Waals surface area contributed by atoms with Crippen LogP contribution in [0.1, 0.15) is 37.8 Å². The second-order valence-corrected chi connectivity index (χ2v) is 3.71. The van der Waals surface area contributed by atoms with Gasteiger partial charge < -0.3 is 5.73 Å². The Balaban J connectivity index is 0.00000256. The molecule has 1 atom stereocenters. The van der Waals surface area contributed by atoms with Gasteiger partial charge in [-0.1, -0.05) is 19.8 Å². The summed E-state index contributed by atoms with van der Waals surface area (Å²) in [5.74, 6) is -0.493. The molecule has 0 amide bonds. The van der Waals surface area contributed by atoms with Crippen LogP contribution in [0, 0.1) is 15.9 Å². The van der Waals surface area contributed by atoms with Gasteiger partial charge in [-0.25, -0.2) is 4.39 Å². The lowest BCUT2D eigenvalue weighted by molar-refractivity contribution is -0.385. The molecule has 0 fully saturated rings. The quantitative estimate of drug-likeness (QED) is 0.653. The third kappa shape index (κ3) is 4.28. The Labute approximate surface area is 106 Å². The van der Waals surface area contributed by atoms with Gasteiger partial charge in [-0.2, -0.15) is 0 Å². The van der Waals surface area contributed by atoms with Crippen LogP contribution < -0.4 is 5.73 Å². The molecule has 1 rings (SSSR count). The van der Waals surface area contributed by atoms with E-state index in [1.807, 2.05) is 6.92 Å². The summed E-state index contributed by atoms with van der Waals surface area (Å²) in [7, 11) is 0. The molecule has 6 heteroatoms. The van der Waals surface area contributed by atoms with Crippen molar-refractivity contribution in [3.05, 3.63) is 39.7 Å². The Bertz CT molecular complexity index is 388. The molecule has 0 bridgehead atoms. The number of nitrogens with two attached hydrogens (primary N) is 1. The number of rotatable bonds is 5. The van der Waals surface area contributed by atoms with Gasteiger partial charge in [-0.15, -0.1) is 12.4 Å². The molecule has 0 saturated heterocycles. The van der Waals surface area contributed by atoms with Crippen LogP contribution in [-0.2, 0) is 0 Å². The van der Waals surface area contributed by atoms with E-state index in [4.69, 9.17) is 5.73 Å². The van der Waals surface area contributed by atoms with Crippen molar-refractivity contribution < 1.29 is 9.31 Å². The van der Waals surface area contributed by atoms with Crippen molar-refractivity contribution in [2.75, 3.05) is 0 Å². The van der Waals surface area contributed by atoms with Gasteiger partial charge in [0.25, 0.3) is 5.69 Å². The predicted octanol–water partition coefficient (Wildman–Crippen LogP) is 3.35. The predicted molar refractivity (Wildman–Crippen MR) is 66.8 cm³/mol. The summed E-state index contributed by atoms with van der Waals surface area (Å²) in [5, 5.41) is 10.7. The zero-order valence-corrected chi connectivity index (χ0v) is 10.4. The van der Waals surface area contributed by atoms with Gasteiger partial charge in [0.15, 0.2) is 0 Å². The van der Waals surface area contributed by atoms with Gasteiger partial charge in [-0.05, 0) is 18.6 Å². The van der Waals surface area contributed by atoms with E-state index in [9.17, 15) is 14.5 Å². The van der Waals surface area contributed by atoms with Crippen LogP contribution in [0.25, 0.3) is 0 Å². The highest BCUT2D eigenvalue weighted by Crippen LogP contribution is 2.27. The number of benzene rings is 1. The number of unbranched alkanes of at least 4 members (excludes halogenated alkanes) is 1. The van der Waals surface area contributed by atoms with Crippen molar-refractivity contribution in [2.45, 2.75) is 32.2 Å². The van der Waals surface area contributed by atoms with E-state index >= 15 is 0 Å². The molecule has 1 aromatic rings. The molecule has 2 N–H and O–H groups in total. The first-order valence-corrected chi connectivity index (χ1v) is 5.25. The van der Waals surface area contributed by atoms with Crippen molar-refractivity contribution >= 4 is 18.1 Å². The molecule has 17 heavy (non-hydrogen) atoms. The van der Waals surface area contributed by atoms with Crippen molar-refractivity contribution in [2.24, 2.45) is 5.73 Å². The molecule has 1 aromatic carbocycles. The van der Waals surface area contributed by atoms with Gasteiger partial charge >= 0.3 is 0 Å². The number of hydrogen-bond donors (Lipinski definition) is 1. The zero-order chi connectivity index (χ0) is 12.1. The Morgan fingerprint density at radius 3 is 2.71 bits per heavy atom. The monoisotopic (exact) mass is 262 g/mol. The lowest BCUT2D eigenvalue weighted by Crippen LogP contribution is -2.12. The molecule has 0 aliphatic carbocycles. The topological polar surface area (TPSA) is 69.2 Å². The van der Waals surface area contributed by atoms with E-state index in [1.54, 1.807) is 0 Å². The van der Waals surface area contributed by atoms with E-state index in [1.165, 1.54) is 0 Å². The van der Waals surface area contributed by atoms with Gasteiger partial charge in [0.2, 0.25) is 0 Å². The Kier molecular flexibility index (Phi) is 6.68. The van der Waals surface area contributed by atoms with E-state index < -0.39 is 16.8 Å². The molecule has 0 unspecified atom stereocenters. The normalized spacial score (nSPS) is 11.7. The van der Waals surface area contributed by atoms with E-state index in [2.05, 4.69) is 0 Å². The Morgan fingerprint density at radius 2 is 2.18 bits per heavy atom. The Hall–Kier alpha value is -1.20. The number of nitrogens with zero attached hydrogens (tertiary/aromatic N) is 1. The minimum atomic E-state index is -0.527. The molecule has 0 aromatic heterocycles. The average molecular weight is 263 g/mol. The molecule has 0 heterocycles. The summed E-state index contributed by atoms with van der Waals surface area (Å²) < 4.78 is 13.0. The molecule has 0 saturated carbocycles. The molecule has 0 radical (unpaired) electrons. The molecule has 0 aliphatic heterocycles. The van der Waals surface area contributed by atoms with Gasteiger partial charge in [0.05, 0.1) is 4.92 Å². The van der Waals surface area contributed by atoms with Crippen LogP contribution in [0.15, 0.2) is 18.2 Å². The molecular formula is C11H16ClFN2O2. The number of hydrogen-bond acceptors (Lipinski definition) is 3.